The fourth-order valence-electron chi connectivity index (χ4n) is 7.14. The summed E-state index contributed by atoms with van der Waals surface area (Å²) in [6.07, 6.45) is 11.2. The van der Waals surface area contributed by atoms with Gasteiger partial charge in [-0.2, -0.15) is 0 Å². The van der Waals surface area contributed by atoms with Gasteiger partial charge in [-0.25, -0.2) is 9.59 Å². The van der Waals surface area contributed by atoms with Crippen molar-refractivity contribution in [2.75, 3.05) is 26.4 Å². The molecule has 61 heavy (non-hydrogen) atoms. The first-order valence-electron chi connectivity index (χ1n) is 21.3. The number of rotatable bonds is 26. The number of hydrogen-bond acceptors (Lipinski definition) is 10. The van der Waals surface area contributed by atoms with Gasteiger partial charge in [-0.15, -0.1) is 0 Å². The largest absolute Gasteiger partial charge is 0.494 e. The molecule has 0 aromatic heterocycles. The molecule has 1 aliphatic carbocycles. The summed E-state index contributed by atoms with van der Waals surface area (Å²) in [5.41, 5.74) is 5.82. The van der Waals surface area contributed by atoms with E-state index in [1.54, 1.807) is 0 Å². The average molecular weight is 831 g/mol. The van der Waals surface area contributed by atoms with Crippen molar-refractivity contribution < 1.29 is 47.6 Å². The Morgan fingerprint density at radius 1 is 0.492 bits per heavy atom. The van der Waals surface area contributed by atoms with Gasteiger partial charge in [0, 0.05) is 30.4 Å². The average Bonchev–Trinajstić information content (AvgIpc) is 3.48. The number of unbranched alkanes of at least 4 members (excludes halogenated alkanes) is 6. The Bertz CT molecular complexity index is 1950. The maximum absolute atomic E-state index is 12.9. The predicted molar refractivity (Wildman–Crippen MR) is 235 cm³/mol. The van der Waals surface area contributed by atoms with Crippen LogP contribution in [-0.2, 0) is 46.9 Å². The zero-order valence-corrected chi connectivity index (χ0v) is 35.5. The van der Waals surface area contributed by atoms with Crippen molar-refractivity contribution in [3.8, 4) is 34.1 Å². The maximum Gasteiger partial charge on any atom is 0.330 e. The molecule has 4 aromatic carbocycles. The Morgan fingerprint density at radius 3 is 1.23 bits per heavy atom. The Labute approximate surface area is 359 Å². The summed E-state index contributed by atoms with van der Waals surface area (Å²) in [7, 11) is 0. The van der Waals surface area contributed by atoms with E-state index in [9.17, 15) is 19.2 Å². The van der Waals surface area contributed by atoms with Crippen molar-refractivity contribution in [3.63, 3.8) is 0 Å². The summed E-state index contributed by atoms with van der Waals surface area (Å²) in [6.45, 7) is 13.0. The smallest absolute Gasteiger partial charge is 0.330 e. The number of ether oxygens (including phenoxy) is 6. The second-order valence-corrected chi connectivity index (χ2v) is 15.5. The molecule has 4 aromatic rings. The number of hydrogen-bond donors (Lipinski definition) is 0. The standard InChI is InChI=1S/C51H58O10/c1-5-47(52)58-33-13-9-7-11-31-56-39-21-15-37(16-22-39)19-29-49(54)60-41-25-27-43-44-28-26-42(36-46(44)51(3,4)45(43)35-41)61-50(55)30-20-38-17-23-40(24-18-38)57-32-12-8-10-14-34-59-48(53)6-2/h5-6,15-18,21-28,35-36H,1-2,7-14,19-20,29-34H2,3-4H3. The summed E-state index contributed by atoms with van der Waals surface area (Å²) in [5, 5.41) is 0. The van der Waals surface area contributed by atoms with Crippen LogP contribution in [0.2, 0.25) is 0 Å². The molecule has 10 nitrogen and oxygen atoms in total. The van der Waals surface area contributed by atoms with Crippen molar-refractivity contribution in [3.05, 3.63) is 132 Å². The second kappa shape index (κ2) is 23.6. The van der Waals surface area contributed by atoms with E-state index in [-0.39, 0.29) is 36.7 Å². The Hall–Kier alpha value is -6.16. The van der Waals surface area contributed by atoms with Crippen LogP contribution in [0.5, 0.6) is 23.0 Å². The van der Waals surface area contributed by atoms with Crippen molar-refractivity contribution in [1.29, 1.82) is 0 Å². The van der Waals surface area contributed by atoms with Gasteiger partial charge in [-0.05, 0) is 146 Å². The molecule has 0 heterocycles. The number of aryl methyl sites for hydroxylation is 2. The molecule has 5 rings (SSSR count). The summed E-state index contributed by atoms with van der Waals surface area (Å²) >= 11 is 0. The number of carbonyl (C=O) groups is 4. The third-order valence-corrected chi connectivity index (χ3v) is 10.6. The number of esters is 4. The monoisotopic (exact) mass is 830 g/mol. The first-order valence-corrected chi connectivity index (χ1v) is 21.3. The lowest BCUT2D eigenvalue weighted by Gasteiger charge is -2.22. The van der Waals surface area contributed by atoms with Gasteiger partial charge in [0.2, 0.25) is 0 Å². The topological polar surface area (TPSA) is 124 Å². The molecule has 1 aliphatic rings. The zero-order valence-electron chi connectivity index (χ0n) is 35.5. The molecule has 0 saturated carbocycles. The minimum atomic E-state index is -0.410. The molecule has 0 saturated heterocycles. The maximum atomic E-state index is 12.9. The Morgan fingerprint density at radius 2 is 0.852 bits per heavy atom. The highest BCUT2D eigenvalue weighted by Crippen LogP contribution is 2.50. The highest BCUT2D eigenvalue weighted by atomic mass is 16.5. The molecule has 10 heteroatoms. The summed E-state index contributed by atoms with van der Waals surface area (Å²) in [5.74, 6) is 1.16. The second-order valence-electron chi connectivity index (χ2n) is 15.5. The first kappa shape index (κ1) is 45.9. The van der Waals surface area contributed by atoms with E-state index in [1.807, 2.05) is 84.9 Å². The van der Waals surface area contributed by atoms with Crippen LogP contribution in [0.1, 0.15) is 100 Å². The van der Waals surface area contributed by atoms with Crippen molar-refractivity contribution in [1.82, 2.24) is 0 Å². The predicted octanol–water partition coefficient (Wildman–Crippen LogP) is 10.4. The van der Waals surface area contributed by atoms with E-state index in [4.69, 9.17) is 28.4 Å². The van der Waals surface area contributed by atoms with Crippen LogP contribution < -0.4 is 18.9 Å². The van der Waals surface area contributed by atoms with E-state index in [1.165, 1.54) is 12.2 Å². The first-order chi connectivity index (χ1) is 29.5. The van der Waals surface area contributed by atoms with Gasteiger partial charge in [0.05, 0.1) is 26.4 Å². The van der Waals surface area contributed by atoms with Crippen LogP contribution in [0.3, 0.4) is 0 Å². The Kier molecular flexibility index (Phi) is 17.8. The molecule has 0 unspecified atom stereocenters. The van der Waals surface area contributed by atoms with Gasteiger partial charge < -0.3 is 28.4 Å². The van der Waals surface area contributed by atoms with Crippen molar-refractivity contribution in [2.45, 2.75) is 96.3 Å². The Balaban J connectivity index is 1.01. The third kappa shape index (κ3) is 14.5. The minimum absolute atomic E-state index is 0.235. The molecule has 0 fully saturated rings. The lowest BCUT2D eigenvalue weighted by Crippen LogP contribution is -2.16. The third-order valence-electron chi connectivity index (χ3n) is 10.6. The highest BCUT2D eigenvalue weighted by molar-refractivity contribution is 5.84. The van der Waals surface area contributed by atoms with E-state index >= 15 is 0 Å². The number of carbonyl (C=O) groups excluding carboxylic acids is 4. The molecular weight excluding hydrogens is 773 g/mol. The molecule has 0 bridgehead atoms. The van der Waals surface area contributed by atoms with Crippen LogP contribution >= 0.6 is 0 Å². The van der Waals surface area contributed by atoms with Crippen molar-refractivity contribution >= 4 is 23.9 Å². The molecule has 0 atom stereocenters. The molecule has 0 radical (unpaired) electrons. The summed E-state index contributed by atoms with van der Waals surface area (Å²) in [6, 6.07) is 27.1. The quantitative estimate of drug-likeness (QED) is 0.0261. The summed E-state index contributed by atoms with van der Waals surface area (Å²) < 4.78 is 33.3. The fourth-order valence-corrected chi connectivity index (χ4v) is 7.14. The SMILES string of the molecule is C=CC(=O)OCCCCCCOc1ccc(CCC(=O)Oc2ccc3c(c2)C(C)(C)c2cc(OC(=O)CCc4ccc(OCCCCCCOC(=O)C=C)cc4)ccc2-3)cc1. The van der Waals surface area contributed by atoms with E-state index in [2.05, 4.69) is 27.0 Å². The molecule has 0 spiro atoms. The van der Waals surface area contributed by atoms with Crippen LogP contribution in [0.25, 0.3) is 11.1 Å². The van der Waals surface area contributed by atoms with Gasteiger partial charge in [-0.1, -0.05) is 63.4 Å². The minimum Gasteiger partial charge on any atom is -0.494 e. The van der Waals surface area contributed by atoms with Gasteiger partial charge in [0.15, 0.2) is 0 Å². The lowest BCUT2D eigenvalue weighted by molar-refractivity contribution is -0.138. The fraction of sp³-hybridized carbons (Fsp3) is 0.373. The molecule has 322 valence electrons. The van der Waals surface area contributed by atoms with Crippen LogP contribution in [-0.4, -0.2) is 50.3 Å². The molecule has 0 N–H and O–H groups in total. The van der Waals surface area contributed by atoms with E-state index in [0.29, 0.717) is 50.8 Å². The van der Waals surface area contributed by atoms with Gasteiger partial charge in [-0.3, -0.25) is 9.59 Å². The molecule has 0 amide bonds. The van der Waals surface area contributed by atoms with Gasteiger partial charge in [0.25, 0.3) is 0 Å². The van der Waals surface area contributed by atoms with Gasteiger partial charge >= 0.3 is 23.9 Å². The van der Waals surface area contributed by atoms with E-state index in [0.717, 1.165) is 96.2 Å². The van der Waals surface area contributed by atoms with Crippen LogP contribution in [0, 0.1) is 0 Å². The van der Waals surface area contributed by atoms with Crippen LogP contribution in [0.15, 0.2) is 110 Å². The lowest BCUT2D eigenvalue weighted by atomic mass is 9.82. The molecule has 0 aliphatic heterocycles. The van der Waals surface area contributed by atoms with E-state index < -0.39 is 5.41 Å². The van der Waals surface area contributed by atoms with Crippen molar-refractivity contribution in [2.24, 2.45) is 0 Å². The normalized spacial score (nSPS) is 12.0. The summed E-state index contributed by atoms with van der Waals surface area (Å²) in [4.78, 5) is 48.0. The molecular formula is C51H58O10. The van der Waals surface area contributed by atoms with Crippen LogP contribution in [0.4, 0.5) is 0 Å². The zero-order chi connectivity index (χ0) is 43.5. The number of benzene rings is 4. The highest BCUT2D eigenvalue weighted by Gasteiger charge is 2.36. The number of fused-ring (bicyclic) bond motifs is 3. The van der Waals surface area contributed by atoms with Gasteiger partial charge in [0.1, 0.15) is 23.0 Å².